The largest absolute Gasteiger partial charge is 0.493 e. The van der Waals surface area contributed by atoms with E-state index in [1.165, 1.54) is 12.8 Å². The van der Waals surface area contributed by atoms with Crippen LogP contribution in [0.5, 0.6) is 11.5 Å². The van der Waals surface area contributed by atoms with Crippen LogP contribution in [0.2, 0.25) is 0 Å². The molecule has 8 heteroatoms. The van der Waals surface area contributed by atoms with Crippen LogP contribution in [-0.4, -0.2) is 52.2 Å². The molecule has 1 aliphatic carbocycles. The van der Waals surface area contributed by atoms with Crippen molar-refractivity contribution >= 4 is 15.8 Å². The molecule has 1 atom stereocenters. The Kier molecular flexibility index (Phi) is 6.46. The van der Waals surface area contributed by atoms with Gasteiger partial charge < -0.3 is 20.1 Å². The van der Waals surface area contributed by atoms with Crippen LogP contribution < -0.4 is 20.1 Å². The summed E-state index contributed by atoms with van der Waals surface area (Å²) in [6, 6.07) is 5.82. The third kappa shape index (κ3) is 5.51. The molecule has 1 aliphatic heterocycles. The average molecular weight is 396 g/mol. The van der Waals surface area contributed by atoms with Gasteiger partial charge in [-0.3, -0.25) is 4.99 Å². The number of ether oxygens (including phenoxy) is 2. The summed E-state index contributed by atoms with van der Waals surface area (Å²) in [4.78, 5) is 4.20. The molecule has 0 bridgehead atoms. The summed E-state index contributed by atoms with van der Waals surface area (Å²) in [7, 11) is 0.414. The summed E-state index contributed by atoms with van der Waals surface area (Å²) >= 11 is 0. The lowest BCUT2D eigenvalue weighted by atomic mass is 10.2. The summed E-state index contributed by atoms with van der Waals surface area (Å²) in [6.07, 6.45) is 5.49. The van der Waals surface area contributed by atoms with Crippen LogP contribution in [0.25, 0.3) is 0 Å². The van der Waals surface area contributed by atoms with Crippen molar-refractivity contribution in [2.75, 3.05) is 25.7 Å². The van der Waals surface area contributed by atoms with Crippen LogP contribution in [0, 0.1) is 0 Å². The predicted octanol–water partition coefficient (Wildman–Crippen LogP) is 1.87. The summed E-state index contributed by atoms with van der Waals surface area (Å²) in [5.74, 6) is 2.52. The molecule has 3 rings (SSSR count). The van der Waals surface area contributed by atoms with Crippen LogP contribution >= 0.6 is 0 Å². The Balaban J connectivity index is 1.59. The van der Waals surface area contributed by atoms with E-state index in [1.54, 1.807) is 14.2 Å². The number of benzene rings is 1. The summed E-state index contributed by atoms with van der Waals surface area (Å²) in [6.45, 7) is 0.560. The molecule has 1 saturated heterocycles. The van der Waals surface area contributed by atoms with E-state index in [4.69, 9.17) is 9.47 Å². The van der Waals surface area contributed by atoms with E-state index in [9.17, 15) is 8.42 Å². The number of hydrogen-bond donors (Lipinski definition) is 2. The minimum atomic E-state index is -2.92. The minimum Gasteiger partial charge on any atom is -0.493 e. The van der Waals surface area contributed by atoms with Gasteiger partial charge in [-0.05, 0) is 49.8 Å². The molecule has 27 heavy (non-hydrogen) atoms. The lowest BCUT2D eigenvalue weighted by molar-refractivity contribution is 0.200. The molecule has 0 spiro atoms. The van der Waals surface area contributed by atoms with Crippen molar-refractivity contribution in [3.8, 4) is 11.5 Å². The highest BCUT2D eigenvalue weighted by molar-refractivity contribution is 7.91. The molecule has 7 nitrogen and oxygen atoms in total. The van der Waals surface area contributed by atoms with E-state index in [-0.39, 0.29) is 23.7 Å². The topological polar surface area (TPSA) is 89.0 Å². The monoisotopic (exact) mass is 395 g/mol. The third-order valence-corrected chi connectivity index (χ3v) is 6.85. The van der Waals surface area contributed by atoms with Crippen LogP contribution in [0.4, 0.5) is 0 Å². The van der Waals surface area contributed by atoms with Gasteiger partial charge in [0.05, 0.1) is 24.7 Å². The van der Waals surface area contributed by atoms with Gasteiger partial charge in [0.1, 0.15) is 0 Å². The lowest BCUT2D eigenvalue weighted by Gasteiger charge is -2.18. The molecule has 1 heterocycles. The van der Waals surface area contributed by atoms with E-state index < -0.39 is 9.84 Å². The Morgan fingerprint density at radius 1 is 1.22 bits per heavy atom. The van der Waals surface area contributed by atoms with Gasteiger partial charge in [-0.1, -0.05) is 6.07 Å². The molecule has 1 aromatic carbocycles. The van der Waals surface area contributed by atoms with E-state index in [0.29, 0.717) is 18.9 Å². The first-order valence-corrected chi connectivity index (χ1v) is 11.3. The first-order chi connectivity index (χ1) is 13.0. The smallest absolute Gasteiger partial charge is 0.191 e. The zero-order valence-electron chi connectivity index (χ0n) is 16.0. The van der Waals surface area contributed by atoms with Gasteiger partial charge in [-0.2, -0.15) is 0 Å². The second-order valence-corrected chi connectivity index (χ2v) is 9.41. The van der Waals surface area contributed by atoms with Crippen LogP contribution in [-0.2, 0) is 16.4 Å². The Labute approximate surface area is 161 Å². The van der Waals surface area contributed by atoms with E-state index in [1.807, 2.05) is 18.2 Å². The van der Waals surface area contributed by atoms with E-state index in [2.05, 4.69) is 15.6 Å². The zero-order valence-corrected chi connectivity index (χ0v) is 16.8. The van der Waals surface area contributed by atoms with Crippen molar-refractivity contribution in [1.29, 1.82) is 0 Å². The molecule has 1 aromatic rings. The Bertz CT molecular complexity index is 773. The van der Waals surface area contributed by atoms with Crippen molar-refractivity contribution in [2.24, 2.45) is 4.99 Å². The van der Waals surface area contributed by atoms with Crippen molar-refractivity contribution in [1.82, 2.24) is 10.6 Å². The second-order valence-electron chi connectivity index (χ2n) is 7.18. The van der Waals surface area contributed by atoms with Gasteiger partial charge >= 0.3 is 0 Å². The number of methoxy groups -OCH3 is 1. The molecular formula is C19H29N3O4S. The number of rotatable bonds is 6. The highest BCUT2D eigenvalue weighted by Crippen LogP contribution is 2.32. The van der Waals surface area contributed by atoms with Crippen LogP contribution in [0.3, 0.4) is 0 Å². The number of nitrogens with zero attached hydrogens (tertiary/aromatic N) is 1. The number of hydrogen-bond acceptors (Lipinski definition) is 5. The minimum absolute atomic E-state index is 0.0849. The SMILES string of the molecule is CN=C(NCc1ccc(OC)c(OC2CCCC2)c1)NC1CCS(=O)(=O)C1. The van der Waals surface area contributed by atoms with Gasteiger partial charge in [0.15, 0.2) is 27.3 Å². The van der Waals surface area contributed by atoms with Gasteiger partial charge in [0, 0.05) is 19.6 Å². The highest BCUT2D eigenvalue weighted by Gasteiger charge is 2.28. The molecule has 2 aliphatic rings. The van der Waals surface area contributed by atoms with Crippen molar-refractivity contribution in [3.05, 3.63) is 23.8 Å². The predicted molar refractivity (Wildman–Crippen MR) is 106 cm³/mol. The Morgan fingerprint density at radius 3 is 2.63 bits per heavy atom. The standard InChI is InChI=1S/C19H29N3O4S/c1-20-19(22-15-9-10-27(23,24)13-15)21-12-14-7-8-17(25-2)18(11-14)26-16-5-3-4-6-16/h7-8,11,15-16H,3-6,9-10,12-13H2,1-2H3,(H2,20,21,22). The lowest BCUT2D eigenvalue weighted by Crippen LogP contribution is -2.43. The van der Waals surface area contributed by atoms with Gasteiger partial charge in [0.2, 0.25) is 0 Å². The van der Waals surface area contributed by atoms with Gasteiger partial charge in [-0.25, -0.2) is 8.42 Å². The molecule has 0 aromatic heterocycles. The zero-order chi connectivity index (χ0) is 19.3. The molecule has 150 valence electrons. The molecule has 2 fully saturated rings. The normalized spacial score (nSPS) is 22.6. The van der Waals surface area contributed by atoms with Crippen molar-refractivity contribution < 1.29 is 17.9 Å². The van der Waals surface area contributed by atoms with E-state index >= 15 is 0 Å². The first-order valence-electron chi connectivity index (χ1n) is 9.50. The highest BCUT2D eigenvalue weighted by atomic mass is 32.2. The number of nitrogens with one attached hydrogen (secondary N) is 2. The fourth-order valence-electron chi connectivity index (χ4n) is 3.59. The number of aliphatic imine (C=N–C) groups is 1. The first kappa shape index (κ1) is 19.8. The molecular weight excluding hydrogens is 366 g/mol. The summed E-state index contributed by atoms with van der Waals surface area (Å²) in [5.41, 5.74) is 1.05. The fraction of sp³-hybridized carbons (Fsp3) is 0.632. The fourth-order valence-corrected chi connectivity index (χ4v) is 5.26. The van der Waals surface area contributed by atoms with Crippen LogP contribution in [0.1, 0.15) is 37.7 Å². The molecule has 0 radical (unpaired) electrons. The third-order valence-electron chi connectivity index (χ3n) is 5.08. The summed E-state index contributed by atoms with van der Waals surface area (Å²) < 4.78 is 34.8. The Morgan fingerprint density at radius 2 is 2.00 bits per heavy atom. The number of guanidine groups is 1. The number of sulfone groups is 1. The van der Waals surface area contributed by atoms with Crippen LogP contribution in [0.15, 0.2) is 23.2 Å². The van der Waals surface area contributed by atoms with Gasteiger partial charge in [0.25, 0.3) is 0 Å². The molecule has 0 amide bonds. The molecule has 1 unspecified atom stereocenters. The summed E-state index contributed by atoms with van der Waals surface area (Å²) in [5, 5.41) is 6.44. The Hall–Kier alpha value is -1.96. The quantitative estimate of drug-likeness (QED) is 0.565. The van der Waals surface area contributed by atoms with Gasteiger partial charge in [-0.15, -0.1) is 0 Å². The molecule has 1 saturated carbocycles. The maximum Gasteiger partial charge on any atom is 0.191 e. The molecule has 2 N–H and O–H groups in total. The van der Waals surface area contributed by atoms with Crippen molar-refractivity contribution in [3.63, 3.8) is 0 Å². The van der Waals surface area contributed by atoms with Crippen molar-refractivity contribution in [2.45, 2.75) is 50.8 Å². The maximum atomic E-state index is 11.6. The van der Waals surface area contributed by atoms with E-state index in [0.717, 1.165) is 29.9 Å². The maximum absolute atomic E-state index is 11.6. The second kappa shape index (κ2) is 8.82. The average Bonchev–Trinajstić information content (AvgIpc) is 3.28.